The molecular formula is C11H15O3P. The third kappa shape index (κ3) is 2.31. The van der Waals surface area contributed by atoms with Gasteiger partial charge in [-0.15, -0.1) is 0 Å². The molecule has 1 aliphatic heterocycles. The summed E-state index contributed by atoms with van der Waals surface area (Å²) in [5.41, 5.74) is 0.821. The molecule has 0 saturated carbocycles. The van der Waals surface area contributed by atoms with Gasteiger partial charge >= 0.3 is 7.60 Å². The van der Waals surface area contributed by atoms with Gasteiger partial charge in [0.2, 0.25) is 0 Å². The van der Waals surface area contributed by atoms with Crippen LogP contribution < -0.4 is 0 Å². The highest BCUT2D eigenvalue weighted by Gasteiger charge is 2.35. The average Bonchev–Trinajstić information content (AvgIpc) is 2.30. The van der Waals surface area contributed by atoms with Crippen molar-refractivity contribution in [1.29, 1.82) is 0 Å². The van der Waals surface area contributed by atoms with Crippen LogP contribution in [0.25, 0.3) is 0 Å². The van der Waals surface area contributed by atoms with E-state index in [1.165, 1.54) is 0 Å². The van der Waals surface area contributed by atoms with E-state index in [2.05, 4.69) is 0 Å². The van der Waals surface area contributed by atoms with Crippen molar-refractivity contribution < 1.29 is 13.6 Å². The molecule has 0 aromatic heterocycles. The van der Waals surface area contributed by atoms with Gasteiger partial charge in [-0.2, -0.15) is 0 Å². The molecule has 0 N–H and O–H groups in total. The molecule has 1 fully saturated rings. The van der Waals surface area contributed by atoms with Crippen LogP contribution in [0.5, 0.6) is 0 Å². The van der Waals surface area contributed by atoms with Crippen LogP contribution in [0.3, 0.4) is 0 Å². The SMILES string of the molecule is C[C@H](c1ccccc1)P1(=O)OCCCO1. The Morgan fingerprint density at radius 3 is 2.40 bits per heavy atom. The molecule has 1 atom stereocenters. The fourth-order valence-electron chi connectivity index (χ4n) is 1.62. The predicted octanol–water partition coefficient (Wildman–Crippen LogP) is 3.38. The Labute approximate surface area is 89.9 Å². The molecule has 0 spiro atoms. The van der Waals surface area contributed by atoms with E-state index in [0.717, 1.165) is 12.0 Å². The lowest BCUT2D eigenvalue weighted by Crippen LogP contribution is -2.12. The van der Waals surface area contributed by atoms with Crippen LogP contribution in [0.4, 0.5) is 0 Å². The van der Waals surface area contributed by atoms with Gasteiger partial charge in [-0.3, -0.25) is 4.57 Å². The lowest BCUT2D eigenvalue weighted by atomic mass is 10.2. The maximum Gasteiger partial charge on any atom is 0.337 e. The molecule has 82 valence electrons. The highest BCUT2D eigenvalue weighted by molar-refractivity contribution is 7.54. The summed E-state index contributed by atoms with van der Waals surface area (Å²) in [4.78, 5) is 0. The van der Waals surface area contributed by atoms with Crippen LogP contribution in [0.2, 0.25) is 0 Å². The van der Waals surface area contributed by atoms with E-state index in [9.17, 15) is 4.57 Å². The van der Waals surface area contributed by atoms with Crippen LogP contribution >= 0.6 is 7.60 Å². The normalized spacial score (nSPS) is 22.2. The van der Waals surface area contributed by atoms with Gasteiger partial charge in [0.25, 0.3) is 0 Å². The van der Waals surface area contributed by atoms with E-state index >= 15 is 0 Å². The van der Waals surface area contributed by atoms with Crippen molar-refractivity contribution in [1.82, 2.24) is 0 Å². The zero-order valence-corrected chi connectivity index (χ0v) is 9.65. The molecule has 1 aliphatic rings. The average molecular weight is 226 g/mol. The maximum atomic E-state index is 12.3. The first-order valence-electron chi connectivity index (χ1n) is 5.16. The number of benzene rings is 1. The van der Waals surface area contributed by atoms with Gasteiger partial charge in [0.15, 0.2) is 0 Å². The lowest BCUT2D eigenvalue weighted by Gasteiger charge is -2.27. The van der Waals surface area contributed by atoms with Gasteiger partial charge in [-0.05, 0) is 18.9 Å². The van der Waals surface area contributed by atoms with E-state index in [1.54, 1.807) is 0 Å². The van der Waals surface area contributed by atoms with Crippen molar-refractivity contribution >= 4 is 7.60 Å². The predicted molar refractivity (Wildman–Crippen MR) is 59.0 cm³/mol. The minimum absolute atomic E-state index is 0.181. The van der Waals surface area contributed by atoms with Crippen LogP contribution in [0, 0.1) is 0 Å². The maximum absolute atomic E-state index is 12.3. The van der Waals surface area contributed by atoms with Crippen molar-refractivity contribution in [3.05, 3.63) is 35.9 Å². The molecule has 4 heteroatoms. The van der Waals surface area contributed by atoms with Gasteiger partial charge in [0, 0.05) is 0 Å². The van der Waals surface area contributed by atoms with Gasteiger partial charge in [0.05, 0.1) is 18.9 Å². The topological polar surface area (TPSA) is 35.5 Å². The van der Waals surface area contributed by atoms with Crippen LogP contribution in [-0.4, -0.2) is 13.2 Å². The Balaban J connectivity index is 2.20. The summed E-state index contributed by atoms with van der Waals surface area (Å²) >= 11 is 0. The molecule has 0 aliphatic carbocycles. The van der Waals surface area contributed by atoms with E-state index in [1.807, 2.05) is 37.3 Å². The van der Waals surface area contributed by atoms with E-state index in [-0.39, 0.29) is 5.66 Å². The second-order valence-electron chi connectivity index (χ2n) is 3.65. The summed E-state index contributed by atoms with van der Waals surface area (Å²) < 4.78 is 22.9. The number of rotatable bonds is 2. The van der Waals surface area contributed by atoms with E-state index in [4.69, 9.17) is 9.05 Å². The van der Waals surface area contributed by atoms with Gasteiger partial charge in [-0.25, -0.2) is 0 Å². The fraction of sp³-hybridized carbons (Fsp3) is 0.455. The Kier molecular flexibility index (Phi) is 3.25. The van der Waals surface area contributed by atoms with Crippen molar-refractivity contribution in [3.8, 4) is 0 Å². The molecular weight excluding hydrogens is 211 g/mol. The quantitative estimate of drug-likeness (QED) is 0.725. The third-order valence-electron chi connectivity index (χ3n) is 2.59. The Morgan fingerprint density at radius 1 is 1.20 bits per heavy atom. The monoisotopic (exact) mass is 226 g/mol. The van der Waals surface area contributed by atoms with Gasteiger partial charge < -0.3 is 9.05 Å². The molecule has 0 amide bonds. The summed E-state index contributed by atoms with van der Waals surface area (Å²) in [5, 5.41) is 0. The second-order valence-corrected chi connectivity index (χ2v) is 6.02. The molecule has 1 heterocycles. The number of hydrogen-bond donors (Lipinski definition) is 0. The van der Waals surface area contributed by atoms with E-state index in [0.29, 0.717) is 13.2 Å². The first-order chi connectivity index (χ1) is 7.22. The fourth-order valence-corrected chi connectivity index (χ4v) is 3.44. The van der Waals surface area contributed by atoms with Crippen molar-refractivity contribution in [3.63, 3.8) is 0 Å². The third-order valence-corrected chi connectivity index (χ3v) is 4.92. The minimum Gasteiger partial charge on any atom is -0.308 e. The summed E-state index contributed by atoms with van der Waals surface area (Å²) in [6.45, 7) is 2.96. The van der Waals surface area contributed by atoms with E-state index < -0.39 is 7.60 Å². The summed E-state index contributed by atoms with van der Waals surface area (Å²) in [7, 11) is -2.93. The van der Waals surface area contributed by atoms with Crippen LogP contribution in [-0.2, 0) is 13.6 Å². The standard InChI is InChI=1S/C11H15O3P/c1-10(11-6-3-2-4-7-11)15(12)13-8-5-9-14-15/h2-4,6-7,10H,5,8-9H2,1H3/t10-/m1/s1. The van der Waals surface area contributed by atoms with Crippen molar-refractivity contribution in [2.24, 2.45) is 0 Å². The molecule has 1 aromatic carbocycles. The second kappa shape index (κ2) is 4.48. The molecule has 15 heavy (non-hydrogen) atoms. The Hall–Kier alpha value is -0.630. The minimum atomic E-state index is -2.93. The highest BCUT2D eigenvalue weighted by atomic mass is 31.2. The number of hydrogen-bond acceptors (Lipinski definition) is 3. The molecule has 2 rings (SSSR count). The zero-order valence-electron chi connectivity index (χ0n) is 8.76. The Morgan fingerprint density at radius 2 is 1.80 bits per heavy atom. The first kappa shape index (κ1) is 10.9. The van der Waals surface area contributed by atoms with Crippen LogP contribution in [0.1, 0.15) is 24.6 Å². The molecule has 0 radical (unpaired) electrons. The molecule has 3 nitrogen and oxygen atoms in total. The molecule has 0 unspecified atom stereocenters. The summed E-state index contributed by atoms with van der Waals surface area (Å²) in [5.74, 6) is 0. The van der Waals surface area contributed by atoms with Gasteiger partial charge in [-0.1, -0.05) is 30.3 Å². The summed E-state index contributed by atoms with van der Waals surface area (Å²) in [6.07, 6.45) is 0.825. The van der Waals surface area contributed by atoms with Crippen molar-refractivity contribution in [2.45, 2.75) is 19.0 Å². The Bertz CT molecular complexity index is 353. The van der Waals surface area contributed by atoms with Crippen molar-refractivity contribution in [2.75, 3.05) is 13.2 Å². The molecule has 1 aromatic rings. The molecule has 1 saturated heterocycles. The zero-order chi connectivity index (χ0) is 10.7. The molecule has 0 bridgehead atoms. The highest BCUT2D eigenvalue weighted by Crippen LogP contribution is 2.62. The first-order valence-corrected chi connectivity index (χ1v) is 6.77. The van der Waals surface area contributed by atoms with Crippen LogP contribution in [0.15, 0.2) is 30.3 Å². The smallest absolute Gasteiger partial charge is 0.308 e. The largest absolute Gasteiger partial charge is 0.337 e. The van der Waals surface area contributed by atoms with Gasteiger partial charge in [0.1, 0.15) is 0 Å². The summed E-state index contributed by atoms with van der Waals surface area (Å²) in [6, 6.07) is 9.70. The lowest BCUT2D eigenvalue weighted by molar-refractivity contribution is 0.141.